The maximum atomic E-state index is 13.7. The van der Waals surface area contributed by atoms with Crippen molar-refractivity contribution >= 4 is 15.8 Å². The van der Waals surface area contributed by atoms with Crippen molar-refractivity contribution in [3.8, 4) is 5.75 Å². The molecule has 1 aliphatic heterocycles. The molecular weight excluding hydrogens is 416 g/mol. The predicted octanol–water partition coefficient (Wildman–Crippen LogP) is 2.77. The van der Waals surface area contributed by atoms with Crippen LogP contribution in [-0.4, -0.2) is 56.7 Å². The number of halogens is 2. The summed E-state index contributed by atoms with van der Waals surface area (Å²) in [6, 6.07) is 2.90. The first kappa shape index (κ1) is 21.6. The number of benzene rings is 1. The standard InChI is InChI=1S/C21H27F2NO5S/c1-20(2)14-5-6-21(20,19(25)9-14)13-30(26,27)24-7-8-28-16(11-24)12-29-18-10-15(22)3-4-17(18)23/h3-4,10,14,16H,5-9,11-13H2,1-2H3. The molecule has 2 aliphatic carbocycles. The molecule has 4 rings (SSSR count). The molecule has 2 saturated carbocycles. The minimum Gasteiger partial charge on any atom is -0.488 e. The zero-order chi connectivity index (χ0) is 21.7. The number of ether oxygens (including phenoxy) is 2. The van der Waals surface area contributed by atoms with Crippen LogP contribution in [0.3, 0.4) is 0 Å². The lowest BCUT2D eigenvalue weighted by atomic mass is 9.70. The van der Waals surface area contributed by atoms with Crippen molar-refractivity contribution in [2.75, 3.05) is 32.1 Å². The van der Waals surface area contributed by atoms with Crippen LogP contribution < -0.4 is 4.74 Å². The number of fused-ring (bicyclic) bond motifs is 2. The molecule has 3 aliphatic rings. The van der Waals surface area contributed by atoms with Crippen LogP contribution in [0.15, 0.2) is 18.2 Å². The Bertz CT molecular complexity index is 951. The largest absolute Gasteiger partial charge is 0.488 e. The third-order valence-electron chi connectivity index (χ3n) is 7.38. The fourth-order valence-electron chi connectivity index (χ4n) is 5.33. The zero-order valence-corrected chi connectivity index (χ0v) is 18.0. The van der Waals surface area contributed by atoms with Crippen LogP contribution in [0.5, 0.6) is 5.75 Å². The Kier molecular flexibility index (Phi) is 5.43. The molecule has 3 unspecified atom stereocenters. The maximum absolute atomic E-state index is 13.7. The lowest BCUT2D eigenvalue weighted by Gasteiger charge is -2.39. The molecular formula is C21H27F2NO5S. The van der Waals surface area contributed by atoms with Gasteiger partial charge >= 0.3 is 0 Å². The Balaban J connectivity index is 1.44. The van der Waals surface area contributed by atoms with Gasteiger partial charge in [0.05, 0.1) is 12.4 Å². The first-order valence-electron chi connectivity index (χ1n) is 10.3. The van der Waals surface area contributed by atoms with Crippen molar-refractivity contribution in [2.45, 2.75) is 39.2 Å². The van der Waals surface area contributed by atoms with Gasteiger partial charge in [-0.1, -0.05) is 13.8 Å². The van der Waals surface area contributed by atoms with Gasteiger partial charge in [-0.2, -0.15) is 4.31 Å². The SMILES string of the molecule is CC1(C)C2CCC1(CS(=O)(=O)N1CCOC(COc3cc(F)ccc3F)C1)C(=O)C2. The van der Waals surface area contributed by atoms with Crippen LogP contribution in [0.25, 0.3) is 0 Å². The molecule has 0 radical (unpaired) electrons. The van der Waals surface area contributed by atoms with Gasteiger partial charge in [0.1, 0.15) is 24.3 Å². The lowest BCUT2D eigenvalue weighted by molar-refractivity contribution is -0.128. The number of sulfonamides is 1. The predicted molar refractivity (Wildman–Crippen MR) is 106 cm³/mol. The summed E-state index contributed by atoms with van der Waals surface area (Å²) in [5, 5.41) is 0. The van der Waals surface area contributed by atoms with Gasteiger partial charge in [-0.05, 0) is 36.3 Å². The maximum Gasteiger partial charge on any atom is 0.215 e. The molecule has 0 amide bonds. The second kappa shape index (κ2) is 7.53. The number of nitrogens with zero attached hydrogens (tertiary/aromatic N) is 1. The molecule has 0 N–H and O–H groups in total. The van der Waals surface area contributed by atoms with Gasteiger partial charge in [0, 0.05) is 31.0 Å². The molecule has 3 fully saturated rings. The number of Topliss-reactive ketones (excluding diaryl/α,β-unsaturated/α-hetero) is 1. The van der Waals surface area contributed by atoms with E-state index in [9.17, 15) is 22.0 Å². The molecule has 9 heteroatoms. The van der Waals surface area contributed by atoms with E-state index in [1.54, 1.807) is 0 Å². The number of hydrogen-bond donors (Lipinski definition) is 0. The van der Waals surface area contributed by atoms with Gasteiger partial charge < -0.3 is 9.47 Å². The number of morpholine rings is 1. The molecule has 2 bridgehead atoms. The lowest BCUT2D eigenvalue weighted by Crippen LogP contribution is -2.52. The van der Waals surface area contributed by atoms with E-state index in [1.807, 2.05) is 13.8 Å². The second-order valence-electron chi connectivity index (χ2n) is 9.16. The van der Waals surface area contributed by atoms with Crippen molar-refractivity contribution in [3.63, 3.8) is 0 Å². The highest BCUT2D eigenvalue weighted by molar-refractivity contribution is 7.89. The van der Waals surface area contributed by atoms with Crippen LogP contribution in [0, 0.1) is 28.4 Å². The van der Waals surface area contributed by atoms with Crippen LogP contribution in [0.1, 0.15) is 33.1 Å². The van der Waals surface area contributed by atoms with E-state index in [2.05, 4.69) is 0 Å². The monoisotopic (exact) mass is 443 g/mol. The summed E-state index contributed by atoms with van der Waals surface area (Å²) in [5.74, 6) is -1.46. The van der Waals surface area contributed by atoms with Crippen molar-refractivity contribution in [1.82, 2.24) is 4.31 Å². The quantitative estimate of drug-likeness (QED) is 0.676. The van der Waals surface area contributed by atoms with Crippen LogP contribution in [0.2, 0.25) is 0 Å². The number of carbonyl (C=O) groups excluding carboxylic acids is 1. The number of carbonyl (C=O) groups is 1. The normalized spacial score (nSPS) is 31.3. The Morgan fingerprint density at radius 3 is 2.73 bits per heavy atom. The molecule has 0 aromatic heterocycles. The van der Waals surface area contributed by atoms with E-state index >= 15 is 0 Å². The van der Waals surface area contributed by atoms with Gasteiger partial charge in [0.2, 0.25) is 10.0 Å². The highest BCUT2D eigenvalue weighted by atomic mass is 32.2. The van der Waals surface area contributed by atoms with Gasteiger partial charge in [-0.15, -0.1) is 0 Å². The van der Waals surface area contributed by atoms with E-state index in [0.717, 1.165) is 24.6 Å². The van der Waals surface area contributed by atoms with Gasteiger partial charge in [0.25, 0.3) is 0 Å². The fraction of sp³-hybridized carbons (Fsp3) is 0.667. The van der Waals surface area contributed by atoms with Gasteiger partial charge in [0.15, 0.2) is 11.6 Å². The number of ketones is 1. The topological polar surface area (TPSA) is 72.9 Å². The van der Waals surface area contributed by atoms with E-state index in [4.69, 9.17) is 9.47 Å². The number of hydrogen-bond acceptors (Lipinski definition) is 5. The summed E-state index contributed by atoms with van der Waals surface area (Å²) in [4.78, 5) is 12.7. The minimum absolute atomic E-state index is 0.0490. The summed E-state index contributed by atoms with van der Waals surface area (Å²) in [6.07, 6.45) is 1.34. The molecule has 30 heavy (non-hydrogen) atoms. The molecule has 6 nitrogen and oxygen atoms in total. The second-order valence-corrected chi connectivity index (χ2v) is 11.1. The molecule has 1 aromatic carbocycles. The first-order valence-corrected chi connectivity index (χ1v) is 11.9. The highest BCUT2D eigenvalue weighted by Gasteiger charge is 2.65. The van der Waals surface area contributed by atoms with E-state index in [0.29, 0.717) is 12.8 Å². The molecule has 166 valence electrons. The van der Waals surface area contributed by atoms with Crippen LogP contribution >= 0.6 is 0 Å². The number of rotatable bonds is 6. The summed E-state index contributed by atoms with van der Waals surface area (Å²) in [6.45, 7) is 4.33. The van der Waals surface area contributed by atoms with Crippen LogP contribution in [0.4, 0.5) is 8.78 Å². The average Bonchev–Trinajstić information content (AvgIpc) is 3.03. The Morgan fingerprint density at radius 2 is 2.07 bits per heavy atom. The van der Waals surface area contributed by atoms with Crippen molar-refractivity contribution in [2.24, 2.45) is 16.7 Å². The van der Waals surface area contributed by atoms with Crippen molar-refractivity contribution in [3.05, 3.63) is 29.8 Å². The molecule has 3 atom stereocenters. The minimum atomic E-state index is -3.70. The summed E-state index contributed by atoms with van der Waals surface area (Å²) < 4.78 is 65.8. The summed E-state index contributed by atoms with van der Waals surface area (Å²) >= 11 is 0. The Morgan fingerprint density at radius 1 is 1.30 bits per heavy atom. The fourth-order valence-corrected chi connectivity index (χ4v) is 7.56. The smallest absolute Gasteiger partial charge is 0.215 e. The third-order valence-corrected chi connectivity index (χ3v) is 9.36. The third kappa shape index (κ3) is 3.54. The zero-order valence-electron chi connectivity index (χ0n) is 17.2. The highest BCUT2D eigenvalue weighted by Crippen LogP contribution is 2.64. The van der Waals surface area contributed by atoms with Gasteiger partial charge in [-0.3, -0.25) is 4.79 Å². The van der Waals surface area contributed by atoms with E-state index in [-0.39, 0.29) is 54.9 Å². The molecule has 1 saturated heterocycles. The molecule has 1 heterocycles. The molecule has 1 aromatic rings. The Hall–Kier alpha value is -1.58. The Labute approximate surface area is 175 Å². The average molecular weight is 444 g/mol. The van der Waals surface area contributed by atoms with E-state index < -0.39 is 33.2 Å². The van der Waals surface area contributed by atoms with E-state index in [1.165, 1.54) is 4.31 Å². The molecule has 0 spiro atoms. The summed E-state index contributed by atoms with van der Waals surface area (Å²) in [5.41, 5.74) is -1.16. The van der Waals surface area contributed by atoms with Crippen molar-refractivity contribution < 1.29 is 31.5 Å². The van der Waals surface area contributed by atoms with Crippen molar-refractivity contribution in [1.29, 1.82) is 0 Å². The van der Waals surface area contributed by atoms with Gasteiger partial charge in [-0.25, -0.2) is 17.2 Å². The first-order chi connectivity index (χ1) is 14.0. The van der Waals surface area contributed by atoms with Crippen LogP contribution in [-0.2, 0) is 19.6 Å². The summed E-state index contributed by atoms with van der Waals surface area (Å²) in [7, 11) is -3.70.